The number of likely N-dealkylation sites (N-methyl/N-ethyl adjacent to an activating group) is 1. The number of hydrogen-bond acceptors (Lipinski definition) is 7. The first kappa shape index (κ1) is 22.5. The van der Waals surface area contributed by atoms with E-state index in [2.05, 4.69) is 46.3 Å². The second-order valence-electron chi connectivity index (χ2n) is 8.06. The molecule has 0 unspecified atom stereocenters. The Balaban J connectivity index is 1.76. The largest absolute Gasteiger partial charge is 0.497 e. The van der Waals surface area contributed by atoms with Crippen LogP contribution in [0.25, 0.3) is 22.3 Å². The molecule has 0 fully saturated rings. The number of benzene rings is 2. The summed E-state index contributed by atoms with van der Waals surface area (Å²) in [4.78, 5) is 11.7. The molecule has 2 heterocycles. The minimum atomic E-state index is 0.291. The number of anilines is 2. The summed E-state index contributed by atoms with van der Waals surface area (Å²) in [5.74, 6) is 1.48. The lowest BCUT2D eigenvalue weighted by atomic mass is 10.2. The predicted molar refractivity (Wildman–Crippen MR) is 132 cm³/mol. The molecule has 0 aliphatic carbocycles. The molecule has 0 bridgehead atoms. The lowest BCUT2D eigenvalue weighted by Crippen LogP contribution is -2.26. The highest BCUT2D eigenvalue weighted by atomic mass is 16.5. The lowest BCUT2D eigenvalue weighted by molar-refractivity contribution is 0.394. The number of nitrogens with zero attached hydrogens (tertiary/aromatic N) is 5. The van der Waals surface area contributed by atoms with Crippen LogP contribution in [0.5, 0.6) is 11.5 Å². The number of aromatic nitrogens is 4. The Kier molecular flexibility index (Phi) is 6.74. The molecular weight excluding hydrogens is 416 g/mol. The van der Waals surface area contributed by atoms with E-state index in [1.54, 1.807) is 20.4 Å². The topological polar surface area (TPSA) is 77.3 Å². The summed E-state index contributed by atoms with van der Waals surface area (Å²) in [5, 5.41) is 7.67. The summed E-state index contributed by atoms with van der Waals surface area (Å²) in [6.07, 6.45) is 5.64. The van der Waals surface area contributed by atoms with Crippen LogP contribution in [0.15, 0.2) is 55.0 Å². The zero-order chi connectivity index (χ0) is 23.4. The molecule has 4 rings (SSSR count). The zero-order valence-corrected chi connectivity index (χ0v) is 19.7. The summed E-state index contributed by atoms with van der Waals surface area (Å²) in [5.41, 5.74) is 5.41. The Morgan fingerprint density at radius 1 is 0.970 bits per heavy atom. The maximum absolute atomic E-state index is 5.49. The quantitative estimate of drug-likeness (QED) is 0.407. The summed E-state index contributed by atoms with van der Waals surface area (Å²) >= 11 is 0. The fourth-order valence-corrected chi connectivity index (χ4v) is 3.64. The fraction of sp³-hybridized carbons (Fsp3) is 0.320. The molecule has 33 heavy (non-hydrogen) atoms. The normalized spacial score (nSPS) is 11.2. The van der Waals surface area contributed by atoms with Crippen LogP contribution in [0.1, 0.15) is 19.9 Å². The van der Waals surface area contributed by atoms with E-state index >= 15 is 0 Å². The second-order valence-corrected chi connectivity index (χ2v) is 8.06. The number of methoxy groups -OCH3 is 2. The summed E-state index contributed by atoms with van der Waals surface area (Å²) in [6, 6.07) is 12.3. The highest BCUT2D eigenvalue weighted by Gasteiger charge is 2.14. The second kappa shape index (κ2) is 9.87. The summed E-state index contributed by atoms with van der Waals surface area (Å²) in [6.45, 7) is 5.76. The van der Waals surface area contributed by atoms with Crippen molar-refractivity contribution in [3.05, 3.63) is 55.0 Å². The molecule has 4 aromatic rings. The van der Waals surface area contributed by atoms with Gasteiger partial charge in [0, 0.05) is 60.5 Å². The number of rotatable bonds is 9. The van der Waals surface area contributed by atoms with Gasteiger partial charge in [0.1, 0.15) is 11.5 Å². The van der Waals surface area contributed by atoms with Gasteiger partial charge in [0.15, 0.2) is 0 Å². The average molecular weight is 447 g/mol. The number of hydrogen-bond donors (Lipinski definition) is 1. The molecule has 0 saturated heterocycles. The van der Waals surface area contributed by atoms with Crippen LogP contribution in [0.3, 0.4) is 0 Å². The van der Waals surface area contributed by atoms with Crippen molar-refractivity contribution in [1.82, 2.24) is 25.1 Å². The molecule has 0 spiro atoms. The van der Waals surface area contributed by atoms with Crippen LogP contribution in [0.4, 0.5) is 11.4 Å². The Morgan fingerprint density at radius 2 is 1.73 bits per heavy atom. The van der Waals surface area contributed by atoms with E-state index in [0.29, 0.717) is 6.04 Å². The van der Waals surface area contributed by atoms with Crippen molar-refractivity contribution in [1.29, 1.82) is 0 Å². The lowest BCUT2D eigenvalue weighted by Gasteiger charge is -2.26. The minimum Gasteiger partial charge on any atom is -0.497 e. The monoisotopic (exact) mass is 446 g/mol. The zero-order valence-electron chi connectivity index (χ0n) is 19.7. The Labute approximate surface area is 194 Å². The molecule has 1 N–H and O–H groups in total. The van der Waals surface area contributed by atoms with Crippen molar-refractivity contribution in [2.24, 2.45) is 0 Å². The predicted octanol–water partition coefficient (Wildman–Crippen LogP) is 4.45. The van der Waals surface area contributed by atoms with Crippen molar-refractivity contribution in [2.45, 2.75) is 19.9 Å². The Bertz CT molecular complexity index is 1210. The molecule has 0 radical (unpaired) electrons. The van der Waals surface area contributed by atoms with E-state index < -0.39 is 0 Å². The van der Waals surface area contributed by atoms with Gasteiger partial charge in [-0.25, -0.2) is 4.98 Å². The molecule has 172 valence electrons. The molecule has 0 amide bonds. The van der Waals surface area contributed by atoms with Gasteiger partial charge in [-0.05, 0) is 39.1 Å². The molecule has 2 aromatic heterocycles. The first-order valence-corrected chi connectivity index (χ1v) is 11.0. The first-order valence-electron chi connectivity index (χ1n) is 11.0. The minimum absolute atomic E-state index is 0.291. The van der Waals surface area contributed by atoms with E-state index in [1.165, 1.54) is 0 Å². The van der Waals surface area contributed by atoms with Crippen molar-refractivity contribution >= 4 is 22.4 Å². The first-order chi connectivity index (χ1) is 16.0. The van der Waals surface area contributed by atoms with Gasteiger partial charge in [-0.2, -0.15) is 5.10 Å². The molecule has 8 nitrogen and oxygen atoms in total. The van der Waals surface area contributed by atoms with Crippen LogP contribution < -0.4 is 19.7 Å². The van der Waals surface area contributed by atoms with Crippen molar-refractivity contribution in [3.8, 4) is 22.8 Å². The number of ether oxygens (including phenoxy) is 2. The standard InChI is InChI=1S/C25H30N6O2/c1-17(2)31-16-18(14-28-31)25-15-27-23-7-6-19(12-24(23)29-25)30(9-8-26-3)20-10-21(32-4)13-22(11-20)33-5/h6-7,10-17,26H,8-9H2,1-5H3. The van der Waals surface area contributed by atoms with E-state index in [0.717, 1.165) is 58.3 Å². The maximum atomic E-state index is 5.49. The van der Waals surface area contributed by atoms with Crippen LogP contribution in [0.2, 0.25) is 0 Å². The Hall–Kier alpha value is -3.65. The van der Waals surface area contributed by atoms with Gasteiger partial charge in [-0.3, -0.25) is 9.67 Å². The van der Waals surface area contributed by atoms with Gasteiger partial charge in [0.25, 0.3) is 0 Å². The number of fused-ring (bicyclic) bond motifs is 1. The van der Waals surface area contributed by atoms with Gasteiger partial charge in [0.05, 0.1) is 43.3 Å². The van der Waals surface area contributed by atoms with Gasteiger partial charge in [-0.1, -0.05) is 0 Å². The SMILES string of the molecule is CNCCN(c1cc(OC)cc(OC)c1)c1ccc2ncc(-c3cnn(C(C)C)c3)nc2c1. The van der Waals surface area contributed by atoms with E-state index in [-0.39, 0.29) is 0 Å². The molecule has 0 aliphatic heterocycles. The van der Waals surface area contributed by atoms with Gasteiger partial charge in [0.2, 0.25) is 0 Å². The highest BCUT2D eigenvalue weighted by molar-refractivity contribution is 5.82. The third-order valence-corrected chi connectivity index (χ3v) is 5.50. The van der Waals surface area contributed by atoms with E-state index in [9.17, 15) is 0 Å². The third kappa shape index (κ3) is 4.90. The van der Waals surface area contributed by atoms with Crippen LogP contribution >= 0.6 is 0 Å². The summed E-state index contributed by atoms with van der Waals surface area (Å²) < 4.78 is 12.9. The third-order valence-electron chi connectivity index (χ3n) is 5.50. The Morgan fingerprint density at radius 3 is 2.36 bits per heavy atom. The van der Waals surface area contributed by atoms with Crippen LogP contribution in [-0.2, 0) is 0 Å². The smallest absolute Gasteiger partial charge is 0.124 e. The van der Waals surface area contributed by atoms with Crippen molar-refractivity contribution in [3.63, 3.8) is 0 Å². The van der Waals surface area contributed by atoms with E-state index in [4.69, 9.17) is 14.5 Å². The van der Waals surface area contributed by atoms with Gasteiger partial charge < -0.3 is 19.7 Å². The molecule has 2 aromatic carbocycles. The average Bonchev–Trinajstić information content (AvgIpc) is 3.34. The van der Waals surface area contributed by atoms with Crippen molar-refractivity contribution in [2.75, 3.05) is 39.3 Å². The highest BCUT2D eigenvalue weighted by Crippen LogP contribution is 2.34. The molecule has 0 atom stereocenters. The van der Waals surface area contributed by atoms with E-state index in [1.807, 2.05) is 48.4 Å². The number of nitrogens with one attached hydrogen (secondary N) is 1. The van der Waals surface area contributed by atoms with Crippen LogP contribution in [-0.4, -0.2) is 54.1 Å². The maximum Gasteiger partial charge on any atom is 0.124 e. The van der Waals surface area contributed by atoms with Gasteiger partial charge >= 0.3 is 0 Å². The van der Waals surface area contributed by atoms with Crippen LogP contribution in [0, 0.1) is 0 Å². The summed E-state index contributed by atoms with van der Waals surface area (Å²) in [7, 11) is 5.26. The molecular formula is C25H30N6O2. The molecule has 0 aliphatic rings. The fourth-order valence-electron chi connectivity index (χ4n) is 3.64. The molecule has 0 saturated carbocycles. The van der Waals surface area contributed by atoms with Crippen molar-refractivity contribution < 1.29 is 9.47 Å². The molecule has 8 heteroatoms. The van der Waals surface area contributed by atoms with Gasteiger partial charge in [-0.15, -0.1) is 0 Å².